The maximum absolute atomic E-state index is 12.3. The first-order valence-corrected chi connectivity index (χ1v) is 10.0. The maximum atomic E-state index is 12.3. The van der Waals surface area contributed by atoms with E-state index < -0.39 is 5.54 Å². The van der Waals surface area contributed by atoms with E-state index in [1.54, 1.807) is 13.8 Å². The molecule has 0 bridgehead atoms. The Morgan fingerprint density at radius 1 is 1.08 bits per heavy atom. The summed E-state index contributed by atoms with van der Waals surface area (Å²) in [6.45, 7) is 8.27. The van der Waals surface area contributed by atoms with Crippen LogP contribution >= 0.6 is 0 Å². The number of amides is 1. The molecule has 0 atom stereocenters. The van der Waals surface area contributed by atoms with Crippen LogP contribution in [0.4, 0.5) is 0 Å². The molecule has 2 aliphatic rings. The Hall–Kier alpha value is -1.47. The summed E-state index contributed by atoms with van der Waals surface area (Å²) in [4.78, 5) is 16.7. The molecule has 2 saturated heterocycles. The molecule has 146 valence electrons. The fourth-order valence-corrected chi connectivity index (χ4v) is 4.11. The molecule has 0 unspecified atom stereocenters. The molecule has 1 aromatic rings. The minimum Gasteiger partial charge on any atom is -0.341 e. The molecule has 0 spiro atoms. The number of hydrogen-bond donors (Lipinski definition) is 1. The number of likely N-dealkylation sites (tertiary alicyclic amines) is 2. The van der Waals surface area contributed by atoms with Gasteiger partial charge in [-0.25, -0.2) is 0 Å². The third-order valence-corrected chi connectivity index (χ3v) is 5.76. The number of aromatic nitrogens is 3. The van der Waals surface area contributed by atoms with Gasteiger partial charge in [0.1, 0.15) is 11.6 Å². The van der Waals surface area contributed by atoms with E-state index in [2.05, 4.69) is 26.7 Å². The van der Waals surface area contributed by atoms with Crippen molar-refractivity contribution in [2.24, 2.45) is 12.8 Å². The van der Waals surface area contributed by atoms with Gasteiger partial charge >= 0.3 is 0 Å². The predicted octanol–water partition coefficient (Wildman–Crippen LogP) is 1.63. The highest BCUT2D eigenvalue weighted by molar-refractivity contribution is 5.85. The number of nitrogens with zero attached hydrogens (tertiary/aromatic N) is 5. The Morgan fingerprint density at radius 3 is 2.27 bits per heavy atom. The van der Waals surface area contributed by atoms with Crippen LogP contribution in [0.5, 0.6) is 0 Å². The SMILES string of the molecule is Cn1c(CN2CCCCCC2)nnc1C1CCN(C(=O)C(C)(C)N)CC1. The second kappa shape index (κ2) is 8.05. The molecule has 1 aromatic heterocycles. The molecule has 0 saturated carbocycles. The highest BCUT2D eigenvalue weighted by atomic mass is 16.2. The molecule has 26 heavy (non-hydrogen) atoms. The van der Waals surface area contributed by atoms with Gasteiger partial charge in [0, 0.05) is 26.1 Å². The first kappa shape index (κ1) is 19.3. The van der Waals surface area contributed by atoms with Crippen LogP contribution in [0.25, 0.3) is 0 Å². The summed E-state index contributed by atoms with van der Waals surface area (Å²) in [5.74, 6) is 2.53. The van der Waals surface area contributed by atoms with Crippen molar-refractivity contribution >= 4 is 5.91 Å². The average Bonchev–Trinajstić information content (AvgIpc) is 2.81. The normalized spacial score (nSPS) is 21.0. The molecule has 0 aromatic carbocycles. The molecule has 7 nitrogen and oxygen atoms in total. The van der Waals surface area contributed by atoms with Crippen molar-refractivity contribution in [3.8, 4) is 0 Å². The van der Waals surface area contributed by atoms with Gasteiger partial charge in [0.25, 0.3) is 0 Å². The molecule has 2 N–H and O–H groups in total. The lowest BCUT2D eigenvalue weighted by atomic mass is 9.94. The Morgan fingerprint density at radius 2 is 1.69 bits per heavy atom. The first-order chi connectivity index (χ1) is 12.4. The van der Waals surface area contributed by atoms with Crippen LogP contribution in [0.2, 0.25) is 0 Å². The van der Waals surface area contributed by atoms with Gasteiger partial charge in [0.05, 0.1) is 12.1 Å². The van der Waals surface area contributed by atoms with E-state index in [-0.39, 0.29) is 5.91 Å². The number of nitrogens with two attached hydrogens (primary N) is 1. The first-order valence-electron chi connectivity index (χ1n) is 10.0. The van der Waals surface area contributed by atoms with Gasteiger partial charge < -0.3 is 15.2 Å². The van der Waals surface area contributed by atoms with Crippen LogP contribution in [-0.2, 0) is 18.4 Å². The summed E-state index contributed by atoms with van der Waals surface area (Å²) >= 11 is 0. The molecule has 3 rings (SSSR count). The van der Waals surface area contributed by atoms with E-state index in [1.165, 1.54) is 25.7 Å². The predicted molar refractivity (Wildman–Crippen MR) is 102 cm³/mol. The standard InChI is InChI=1S/C19H34N6O/c1-19(2,20)18(26)25-12-8-15(9-13-25)17-22-21-16(23(17)3)14-24-10-6-4-5-7-11-24/h15H,4-14,20H2,1-3H3. The van der Waals surface area contributed by atoms with Gasteiger partial charge in [0.15, 0.2) is 0 Å². The van der Waals surface area contributed by atoms with Crippen LogP contribution in [0.15, 0.2) is 0 Å². The largest absolute Gasteiger partial charge is 0.341 e. The highest BCUT2D eigenvalue weighted by Gasteiger charge is 2.32. The van der Waals surface area contributed by atoms with Gasteiger partial charge in [-0.2, -0.15) is 0 Å². The Labute approximate surface area is 156 Å². The molecular formula is C19H34N6O. The molecule has 1 amide bonds. The van der Waals surface area contributed by atoms with Gasteiger partial charge in [-0.15, -0.1) is 10.2 Å². The number of hydrogen-bond acceptors (Lipinski definition) is 5. The zero-order chi connectivity index (χ0) is 18.7. The minimum atomic E-state index is -0.794. The van der Waals surface area contributed by atoms with Crippen LogP contribution in [0, 0.1) is 0 Å². The summed E-state index contributed by atoms with van der Waals surface area (Å²) < 4.78 is 2.18. The zero-order valence-corrected chi connectivity index (χ0v) is 16.6. The third kappa shape index (κ3) is 4.43. The van der Waals surface area contributed by atoms with E-state index in [4.69, 9.17) is 5.73 Å². The number of carbonyl (C=O) groups excluding carboxylic acids is 1. The summed E-state index contributed by atoms with van der Waals surface area (Å²) in [5.41, 5.74) is 5.17. The third-order valence-electron chi connectivity index (χ3n) is 5.76. The summed E-state index contributed by atoms with van der Waals surface area (Å²) in [7, 11) is 2.09. The second-order valence-electron chi connectivity index (χ2n) is 8.51. The van der Waals surface area contributed by atoms with Gasteiger partial charge in [0.2, 0.25) is 5.91 Å². The highest BCUT2D eigenvalue weighted by Crippen LogP contribution is 2.28. The van der Waals surface area contributed by atoms with Crippen molar-refractivity contribution in [1.82, 2.24) is 24.6 Å². The van der Waals surface area contributed by atoms with Crippen LogP contribution in [0.3, 0.4) is 0 Å². The van der Waals surface area contributed by atoms with Crippen molar-refractivity contribution < 1.29 is 4.79 Å². The van der Waals surface area contributed by atoms with E-state index in [0.29, 0.717) is 5.92 Å². The topological polar surface area (TPSA) is 80.3 Å². The molecule has 3 heterocycles. The van der Waals surface area contributed by atoms with Gasteiger partial charge in [-0.1, -0.05) is 12.8 Å². The molecule has 0 aliphatic carbocycles. The molecule has 2 fully saturated rings. The fraction of sp³-hybridized carbons (Fsp3) is 0.842. The smallest absolute Gasteiger partial charge is 0.242 e. The van der Waals surface area contributed by atoms with E-state index in [9.17, 15) is 4.79 Å². The molecule has 7 heteroatoms. The summed E-state index contributed by atoms with van der Waals surface area (Å²) in [6, 6.07) is 0. The van der Waals surface area contributed by atoms with Crippen LogP contribution in [0.1, 0.15) is 69.9 Å². The van der Waals surface area contributed by atoms with Crippen molar-refractivity contribution in [3.63, 3.8) is 0 Å². The summed E-state index contributed by atoms with van der Waals surface area (Å²) in [6.07, 6.45) is 7.12. The zero-order valence-electron chi connectivity index (χ0n) is 16.6. The van der Waals surface area contributed by atoms with E-state index in [1.807, 2.05) is 4.90 Å². The Kier molecular flexibility index (Phi) is 5.97. The number of piperidine rings is 1. The average molecular weight is 363 g/mol. The molecular weight excluding hydrogens is 328 g/mol. The number of rotatable bonds is 4. The van der Waals surface area contributed by atoms with E-state index >= 15 is 0 Å². The summed E-state index contributed by atoms with van der Waals surface area (Å²) in [5, 5.41) is 8.98. The maximum Gasteiger partial charge on any atom is 0.242 e. The van der Waals surface area contributed by atoms with Gasteiger partial charge in [-0.3, -0.25) is 9.69 Å². The van der Waals surface area contributed by atoms with Crippen LogP contribution in [-0.4, -0.2) is 62.2 Å². The molecule has 2 aliphatic heterocycles. The fourth-order valence-electron chi connectivity index (χ4n) is 4.11. The van der Waals surface area contributed by atoms with Crippen molar-refractivity contribution in [2.45, 2.75) is 70.4 Å². The monoisotopic (exact) mass is 362 g/mol. The lowest BCUT2D eigenvalue weighted by molar-refractivity contribution is -0.136. The Balaban J connectivity index is 1.59. The second-order valence-corrected chi connectivity index (χ2v) is 8.51. The van der Waals surface area contributed by atoms with Crippen LogP contribution < -0.4 is 5.73 Å². The lowest BCUT2D eigenvalue weighted by Crippen LogP contribution is -2.53. The lowest BCUT2D eigenvalue weighted by Gasteiger charge is -2.35. The van der Waals surface area contributed by atoms with Gasteiger partial charge in [-0.05, 0) is 52.6 Å². The van der Waals surface area contributed by atoms with Crippen molar-refractivity contribution in [1.29, 1.82) is 0 Å². The molecule has 0 radical (unpaired) electrons. The van der Waals surface area contributed by atoms with Crippen molar-refractivity contribution in [2.75, 3.05) is 26.2 Å². The Bertz CT molecular complexity index is 604. The van der Waals surface area contributed by atoms with E-state index in [0.717, 1.165) is 57.2 Å². The quantitative estimate of drug-likeness (QED) is 0.881. The minimum absolute atomic E-state index is 0.0377. The van der Waals surface area contributed by atoms with Crippen molar-refractivity contribution in [3.05, 3.63) is 11.6 Å². The number of carbonyl (C=O) groups is 1.